The molecule has 5 N–H and O–H groups in total. The van der Waals surface area contributed by atoms with Gasteiger partial charge in [0.05, 0.1) is 13.2 Å². The Hall–Kier alpha value is -3.22. The second kappa shape index (κ2) is 14.0. The van der Waals surface area contributed by atoms with Gasteiger partial charge in [-0.3, -0.25) is 19.7 Å². The molecule has 0 aliphatic carbocycles. The molecule has 1 heterocycles. The first-order valence-electron chi connectivity index (χ1n) is 10.4. The highest BCUT2D eigenvalue weighted by molar-refractivity contribution is 5.94. The summed E-state index contributed by atoms with van der Waals surface area (Å²) >= 11 is 0. The van der Waals surface area contributed by atoms with E-state index in [-0.39, 0.29) is 18.4 Å². The van der Waals surface area contributed by atoms with E-state index < -0.39 is 0 Å². The van der Waals surface area contributed by atoms with E-state index in [1.165, 1.54) is 11.0 Å². The lowest BCUT2D eigenvalue weighted by Gasteiger charge is -2.26. The Morgan fingerprint density at radius 1 is 1.12 bits per heavy atom. The molecule has 1 aliphatic rings. The lowest BCUT2D eigenvalue weighted by atomic mass is 10.1. The van der Waals surface area contributed by atoms with E-state index in [2.05, 4.69) is 46.3 Å². The molecule has 1 aliphatic heterocycles. The molecule has 2 amide bonds. The van der Waals surface area contributed by atoms with Gasteiger partial charge in [0.25, 0.3) is 5.91 Å². The van der Waals surface area contributed by atoms with Gasteiger partial charge in [0, 0.05) is 48.9 Å². The summed E-state index contributed by atoms with van der Waals surface area (Å²) in [6.45, 7) is 6.87. The lowest BCUT2D eigenvalue weighted by molar-refractivity contribution is -0.116. The lowest BCUT2D eigenvalue weighted by Crippen LogP contribution is -2.35. The number of amides is 2. The number of ether oxygens (including phenoxy) is 1. The Bertz CT molecular complexity index is 896. The normalized spacial score (nSPS) is 14.1. The number of hydroxylamine groups is 1. The molecule has 1 fully saturated rings. The number of morpholine rings is 1. The number of hydrogen-bond donors (Lipinski definition) is 4. The molecule has 170 valence electrons. The van der Waals surface area contributed by atoms with Crippen molar-refractivity contribution in [3.63, 3.8) is 0 Å². The van der Waals surface area contributed by atoms with Gasteiger partial charge in [-0.15, -0.1) is 0 Å². The van der Waals surface area contributed by atoms with Crippen LogP contribution in [-0.2, 0) is 16.1 Å². The Morgan fingerprint density at radius 3 is 2.16 bits per heavy atom. The fourth-order valence-corrected chi connectivity index (χ4v) is 2.92. The average Bonchev–Trinajstić information content (AvgIpc) is 2.83. The number of rotatable bonds is 6. The van der Waals surface area contributed by atoms with Crippen molar-refractivity contribution in [2.24, 2.45) is 5.73 Å². The summed E-state index contributed by atoms with van der Waals surface area (Å²) < 4.78 is 5.39. The summed E-state index contributed by atoms with van der Waals surface area (Å²) in [7, 11) is 0. The molecular formula is C24H30N4O4. The van der Waals surface area contributed by atoms with Crippen LogP contribution in [0.15, 0.2) is 48.5 Å². The SMILES string of the molecule is C[C@H](N)CNC(=O)c1ccc(C#Cc2ccc(CN3CCOCC3)cc2)cc1.O=CNO. The minimum absolute atomic E-state index is 0.0608. The van der Waals surface area contributed by atoms with Crippen molar-refractivity contribution >= 4 is 12.3 Å². The van der Waals surface area contributed by atoms with Crippen LogP contribution in [0, 0.1) is 11.8 Å². The fraction of sp³-hybridized carbons (Fsp3) is 0.333. The van der Waals surface area contributed by atoms with Gasteiger partial charge >= 0.3 is 0 Å². The van der Waals surface area contributed by atoms with E-state index in [0.29, 0.717) is 12.1 Å². The molecule has 0 saturated carbocycles. The van der Waals surface area contributed by atoms with Crippen LogP contribution in [-0.4, -0.2) is 61.3 Å². The summed E-state index contributed by atoms with van der Waals surface area (Å²) in [5, 5.41) is 10.1. The molecule has 3 rings (SSSR count). The Labute approximate surface area is 188 Å². The first kappa shape index (κ1) is 25.0. The highest BCUT2D eigenvalue weighted by Gasteiger charge is 2.10. The maximum atomic E-state index is 12.0. The number of benzene rings is 2. The van der Waals surface area contributed by atoms with Crippen molar-refractivity contribution in [1.29, 1.82) is 0 Å². The molecule has 0 spiro atoms. The standard InChI is InChI=1S/C23H27N3O2.CH3NO2/c1-18(24)16-25-23(27)22-10-8-20(9-11-22)3-2-19-4-6-21(7-5-19)17-26-12-14-28-15-13-26;3-1-2-4/h4-11,18H,12-17,24H2,1H3,(H,25,27);1,4H,(H,2,3)/t18-;/m0./s1. The Balaban J connectivity index is 0.000000837. The summed E-state index contributed by atoms with van der Waals surface area (Å²) in [5.74, 6) is 6.21. The van der Waals surface area contributed by atoms with Crippen LogP contribution in [0.2, 0.25) is 0 Å². The zero-order chi connectivity index (χ0) is 23.2. The molecule has 8 heteroatoms. The molecular weight excluding hydrogens is 408 g/mol. The summed E-state index contributed by atoms with van der Waals surface area (Å²) in [6.07, 6.45) is 0.181. The summed E-state index contributed by atoms with van der Waals surface area (Å²) in [4.78, 5) is 23.2. The van der Waals surface area contributed by atoms with Crippen molar-refractivity contribution in [1.82, 2.24) is 15.7 Å². The first-order chi connectivity index (χ1) is 15.5. The van der Waals surface area contributed by atoms with Crippen LogP contribution >= 0.6 is 0 Å². The molecule has 2 aromatic carbocycles. The van der Waals surface area contributed by atoms with E-state index >= 15 is 0 Å². The first-order valence-corrected chi connectivity index (χ1v) is 10.4. The third-order valence-corrected chi connectivity index (χ3v) is 4.60. The van der Waals surface area contributed by atoms with Crippen LogP contribution in [0.5, 0.6) is 0 Å². The van der Waals surface area contributed by atoms with Gasteiger partial charge in [0.15, 0.2) is 0 Å². The number of nitrogens with zero attached hydrogens (tertiary/aromatic N) is 1. The van der Waals surface area contributed by atoms with E-state index in [1.807, 2.05) is 19.1 Å². The van der Waals surface area contributed by atoms with Gasteiger partial charge in [-0.05, 0) is 48.9 Å². The molecule has 0 unspecified atom stereocenters. The molecule has 1 atom stereocenters. The number of nitrogens with two attached hydrogens (primary N) is 1. The minimum atomic E-state index is -0.118. The zero-order valence-electron chi connectivity index (χ0n) is 18.2. The maximum absolute atomic E-state index is 12.0. The van der Waals surface area contributed by atoms with E-state index in [9.17, 15) is 4.79 Å². The van der Waals surface area contributed by atoms with Crippen LogP contribution in [0.25, 0.3) is 0 Å². The quantitative estimate of drug-likeness (QED) is 0.232. The van der Waals surface area contributed by atoms with E-state index in [4.69, 9.17) is 20.5 Å². The Morgan fingerprint density at radius 2 is 1.66 bits per heavy atom. The van der Waals surface area contributed by atoms with E-state index in [0.717, 1.165) is 44.0 Å². The number of carbonyl (C=O) groups excluding carboxylic acids is 2. The van der Waals surface area contributed by atoms with Gasteiger partial charge in [-0.2, -0.15) is 0 Å². The number of nitrogens with one attached hydrogen (secondary N) is 2. The van der Waals surface area contributed by atoms with Gasteiger partial charge in [-0.25, -0.2) is 5.48 Å². The fourth-order valence-electron chi connectivity index (χ4n) is 2.92. The van der Waals surface area contributed by atoms with Crippen LogP contribution in [0.3, 0.4) is 0 Å². The third-order valence-electron chi connectivity index (χ3n) is 4.60. The predicted molar refractivity (Wildman–Crippen MR) is 122 cm³/mol. The van der Waals surface area contributed by atoms with Crippen molar-refractivity contribution < 1.29 is 19.5 Å². The zero-order valence-corrected chi connectivity index (χ0v) is 18.2. The van der Waals surface area contributed by atoms with Gasteiger partial charge in [-0.1, -0.05) is 24.0 Å². The molecule has 0 bridgehead atoms. The largest absolute Gasteiger partial charge is 0.379 e. The minimum Gasteiger partial charge on any atom is -0.379 e. The Kier molecular flexibility index (Phi) is 10.9. The third kappa shape index (κ3) is 9.29. The molecule has 1 saturated heterocycles. The summed E-state index contributed by atoms with van der Waals surface area (Å²) in [6, 6.07) is 15.6. The van der Waals surface area contributed by atoms with E-state index in [1.54, 1.807) is 12.1 Å². The molecule has 2 aromatic rings. The average molecular weight is 439 g/mol. The van der Waals surface area contributed by atoms with Gasteiger partial charge < -0.3 is 15.8 Å². The molecule has 8 nitrogen and oxygen atoms in total. The highest BCUT2D eigenvalue weighted by atomic mass is 16.5. The predicted octanol–water partition coefficient (Wildman–Crippen LogP) is 1.12. The molecule has 0 aromatic heterocycles. The molecule has 32 heavy (non-hydrogen) atoms. The van der Waals surface area contributed by atoms with Crippen LogP contribution in [0.1, 0.15) is 34.0 Å². The highest BCUT2D eigenvalue weighted by Crippen LogP contribution is 2.09. The van der Waals surface area contributed by atoms with Crippen LogP contribution < -0.4 is 16.5 Å². The van der Waals surface area contributed by atoms with Crippen molar-refractivity contribution in [2.45, 2.75) is 19.5 Å². The summed E-state index contributed by atoms with van der Waals surface area (Å²) in [5.41, 5.74) is 10.7. The smallest absolute Gasteiger partial charge is 0.251 e. The number of carbonyl (C=O) groups is 2. The second-order valence-corrected chi connectivity index (χ2v) is 7.35. The van der Waals surface area contributed by atoms with Gasteiger partial charge in [0.1, 0.15) is 0 Å². The topological polar surface area (TPSA) is 117 Å². The monoisotopic (exact) mass is 438 g/mol. The second-order valence-electron chi connectivity index (χ2n) is 7.35. The van der Waals surface area contributed by atoms with Gasteiger partial charge in [0.2, 0.25) is 6.41 Å². The maximum Gasteiger partial charge on any atom is 0.251 e. The van der Waals surface area contributed by atoms with Crippen LogP contribution in [0.4, 0.5) is 0 Å². The number of hydrogen-bond acceptors (Lipinski definition) is 6. The van der Waals surface area contributed by atoms with Crippen molar-refractivity contribution in [2.75, 3.05) is 32.8 Å². The molecule has 0 radical (unpaired) electrons. The van der Waals surface area contributed by atoms with Crippen molar-refractivity contribution in [3.05, 3.63) is 70.8 Å². The van der Waals surface area contributed by atoms with Crippen molar-refractivity contribution in [3.8, 4) is 11.8 Å².